The highest BCUT2D eigenvalue weighted by atomic mass is 16.5. The Morgan fingerprint density at radius 1 is 0.462 bits per heavy atom. The van der Waals surface area contributed by atoms with Gasteiger partial charge in [-0.25, -0.2) is 0 Å². The number of aliphatic hydroxyl groups excluding tert-OH is 2. The molecule has 0 aromatic carbocycles. The highest BCUT2D eigenvalue weighted by Crippen LogP contribution is 2.18. The monoisotopic (exact) mass is 910 g/mol. The van der Waals surface area contributed by atoms with Crippen molar-refractivity contribution in [3.05, 3.63) is 60.8 Å². The van der Waals surface area contributed by atoms with Crippen LogP contribution in [0, 0.1) is 0 Å². The molecule has 0 aromatic heterocycles. The normalized spacial score (nSPS) is 13.6. The van der Waals surface area contributed by atoms with Crippen LogP contribution in [0.4, 0.5) is 0 Å². The Hall–Kier alpha value is -2.44. The quantitative estimate of drug-likeness (QED) is 0.0321. The molecule has 0 heterocycles. The van der Waals surface area contributed by atoms with E-state index in [2.05, 4.69) is 86.8 Å². The molecule has 0 aliphatic carbocycles. The highest BCUT2D eigenvalue weighted by Gasteiger charge is 2.24. The summed E-state index contributed by atoms with van der Waals surface area (Å²) in [6.45, 7) is 6.36. The standard InChI is InChI=1S/C59H107NO5/c1-4-7-10-13-16-19-22-25-27-28-29-31-34-37-40-43-46-49-52-59(64)65-55(50-47-44-41-38-35-32-24-21-18-15-12-9-6-3)53-58(63)60-56(54-61)57(62)51-48-45-42-39-36-33-30-26-23-20-17-14-11-8-5-2/h9,12,15,18,21,24,27-29,31,55-57,61-62H,4-8,10-11,13-14,16-17,19-20,22-23,25-26,30,32-54H2,1-3H3,(H,60,63)/b12-9+,18-15+,24-21+,28-27+,31-29+. The molecule has 0 spiro atoms. The van der Waals surface area contributed by atoms with Crippen molar-refractivity contribution >= 4 is 11.9 Å². The zero-order valence-corrected chi connectivity index (χ0v) is 43.1. The van der Waals surface area contributed by atoms with E-state index in [0.717, 1.165) is 103 Å². The fourth-order valence-corrected chi connectivity index (χ4v) is 8.42. The predicted octanol–water partition coefficient (Wildman–Crippen LogP) is 17.2. The average molecular weight is 911 g/mol. The van der Waals surface area contributed by atoms with Gasteiger partial charge in [-0.15, -0.1) is 0 Å². The van der Waals surface area contributed by atoms with Gasteiger partial charge in [0.2, 0.25) is 5.91 Å². The van der Waals surface area contributed by atoms with Crippen molar-refractivity contribution in [3.8, 4) is 0 Å². The van der Waals surface area contributed by atoms with Gasteiger partial charge in [-0.2, -0.15) is 0 Å². The summed E-state index contributed by atoms with van der Waals surface area (Å²) in [7, 11) is 0. The summed E-state index contributed by atoms with van der Waals surface area (Å²) in [6.07, 6.45) is 65.7. The summed E-state index contributed by atoms with van der Waals surface area (Å²) >= 11 is 0. The Kier molecular flexibility index (Phi) is 50.6. The number of aliphatic hydroxyl groups is 2. The van der Waals surface area contributed by atoms with Crippen LogP contribution in [0.2, 0.25) is 0 Å². The second kappa shape index (κ2) is 52.5. The molecule has 6 nitrogen and oxygen atoms in total. The van der Waals surface area contributed by atoms with Crippen LogP contribution in [0.1, 0.15) is 278 Å². The third-order valence-electron chi connectivity index (χ3n) is 12.7. The van der Waals surface area contributed by atoms with Crippen molar-refractivity contribution < 1.29 is 24.5 Å². The first-order valence-corrected chi connectivity index (χ1v) is 28.1. The number of unbranched alkanes of at least 4 members (excludes halogenated alkanes) is 31. The minimum Gasteiger partial charge on any atom is -0.462 e. The summed E-state index contributed by atoms with van der Waals surface area (Å²) in [5.41, 5.74) is 0. The number of carbonyl (C=O) groups excluding carboxylic acids is 2. The van der Waals surface area contributed by atoms with Crippen molar-refractivity contribution in [1.82, 2.24) is 5.32 Å². The summed E-state index contributed by atoms with van der Waals surface area (Å²) in [4.78, 5) is 26.2. The molecule has 378 valence electrons. The molecule has 0 saturated carbocycles. The number of esters is 1. The molecule has 0 radical (unpaired) electrons. The van der Waals surface area contributed by atoms with Crippen LogP contribution in [0.5, 0.6) is 0 Å². The van der Waals surface area contributed by atoms with Crippen LogP contribution in [0.15, 0.2) is 60.8 Å². The SMILES string of the molecule is CC/C=C/C=C/C=C/CCCCCCCC(CC(=O)NC(CO)C(O)CCCCCCCCCCCCCCCCC)OC(=O)CCCCCCC/C=C/C=C/CCCCCCCCC. The lowest BCUT2D eigenvalue weighted by Crippen LogP contribution is -2.46. The van der Waals surface area contributed by atoms with Gasteiger partial charge in [0, 0.05) is 6.42 Å². The fraction of sp³-hybridized carbons (Fsp3) is 0.797. The maximum absolute atomic E-state index is 13.2. The minimum absolute atomic E-state index is 0.0571. The Balaban J connectivity index is 4.57. The smallest absolute Gasteiger partial charge is 0.306 e. The van der Waals surface area contributed by atoms with Crippen molar-refractivity contribution in [2.24, 2.45) is 0 Å². The number of rotatable bonds is 50. The molecule has 0 aliphatic rings. The lowest BCUT2D eigenvalue weighted by molar-refractivity contribution is -0.151. The molecule has 3 unspecified atom stereocenters. The van der Waals surface area contributed by atoms with Gasteiger partial charge in [-0.05, 0) is 70.6 Å². The van der Waals surface area contributed by atoms with Gasteiger partial charge in [0.15, 0.2) is 0 Å². The molecular weight excluding hydrogens is 803 g/mol. The Bertz CT molecular complexity index is 1160. The third-order valence-corrected chi connectivity index (χ3v) is 12.7. The zero-order chi connectivity index (χ0) is 47.4. The van der Waals surface area contributed by atoms with E-state index in [1.165, 1.54) is 128 Å². The van der Waals surface area contributed by atoms with E-state index >= 15 is 0 Å². The van der Waals surface area contributed by atoms with E-state index in [9.17, 15) is 19.8 Å². The maximum Gasteiger partial charge on any atom is 0.306 e. The molecule has 65 heavy (non-hydrogen) atoms. The molecule has 0 saturated heterocycles. The van der Waals surface area contributed by atoms with Crippen LogP contribution in [-0.2, 0) is 14.3 Å². The third kappa shape index (κ3) is 47.8. The van der Waals surface area contributed by atoms with Gasteiger partial charge in [0.25, 0.3) is 0 Å². The Morgan fingerprint density at radius 3 is 1.26 bits per heavy atom. The van der Waals surface area contributed by atoms with Gasteiger partial charge < -0.3 is 20.3 Å². The molecule has 3 atom stereocenters. The van der Waals surface area contributed by atoms with Crippen molar-refractivity contribution in [2.45, 2.75) is 296 Å². The molecule has 0 aromatic rings. The Labute approximate surface area is 403 Å². The molecule has 1 amide bonds. The van der Waals surface area contributed by atoms with Gasteiger partial charge >= 0.3 is 5.97 Å². The van der Waals surface area contributed by atoms with E-state index < -0.39 is 18.2 Å². The summed E-state index contributed by atoms with van der Waals surface area (Å²) < 4.78 is 5.94. The number of ether oxygens (including phenoxy) is 1. The second-order valence-electron chi connectivity index (χ2n) is 19.0. The van der Waals surface area contributed by atoms with Gasteiger partial charge in [0.05, 0.1) is 25.2 Å². The van der Waals surface area contributed by atoms with E-state index in [0.29, 0.717) is 19.3 Å². The molecular formula is C59H107NO5. The number of nitrogens with one attached hydrogen (secondary N) is 1. The lowest BCUT2D eigenvalue weighted by atomic mass is 10.0. The molecule has 6 heteroatoms. The first kappa shape index (κ1) is 62.6. The highest BCUT2D eigenvalue weighted by molar-refractivity contribution is 5.77. The average Bonchev–Trinajstić information content (AvgIpc) is 3.30. The molecule has 0 fully saturated rings. The van der Waals surface area contributed by atoms with Crippen molar-refractivity contribution in [3.63, 3.8) is 0 Å². The minimum atomic E-state index is -0.798. The predicted molar refractivity (Wildman–Crippen MR) is 282 cm³/mol. The maximum atomic E-state index is 13.2. The van der Waals surface area contributed by atoms with E-state index in [-0.39, 0.29) is 24.9 Å². The molecule has 3 N–H and O–H groups in total. The van der Waals surface area contributed by atoms with Gasteiger partial charge in [0.1, 0.15) is 6.10 Å². The van der Waals surface area contributed by atoms with Gasteiger partial charge in [-0.3, -0.25) is 9.59 Å². The van der Waals surface area contributed by atoms with Crippen LogP contribution in [0.3, 0.4) is 0 Å². The second-order valence-corrected chi connectivity index (χ2v) is 19.0. The molecule has 0 bridgehead atoms. The van der Waals surface area contributed by atoms with E-state index in [1.54, 1.807) is 0 Å². The first-order chi connectivity index (χ1) is 32.0. The topological polar surface area (TPSA) is 95.9 Å². The summed E-state index contributed by atoms with van der Waals surface area (Å²) in [5.74, 6) is -0.506. The number of hydrogen-bond donors (Lipinski definition) is 3. The number of amides is 1. The van der Waals surface area contributed by atoms with Crippen molar-refractivity contribution in [1.29, 1.82) is 0 Å². The van der Waals surface area contributed by atoms with Crippen LogP contribution >= 0.6 is 0 Å². The lowest BCUT2D eigenvalue weighted by Gasteiger charge is -2.24. The van der Waals surface area contributed by atoms with E-state index in [1.807, 2.05) is 0 Å². The van der Waals surface area contributed by atoms with Crippen LogP contribution in [-0.4, -0.2) is 46.9 Å². The summed E-state index contributed by atoms with van der Waals surface area (Å²) in [6, 6.07) is -0.713. The number of hydrogen-bond acceptors (Lipinski definition) is 5. The first-order valence-electron chi connectivity index (χ1n) is 28.1. The Morgan fingerprint density at radius 2 is 0.831 bits per heavy atom. The zero-order valence-electron chi connectivity index (χ0n) is 43.1. The summed E-state index contributed by atoms with van der Waals surface area (Å²) in [5, 5.41) is 23.8. The van der Waals surface area contributed by atoms with E-state index in [4.69, 9.17) is 4.74 Å². The fourth-order valence-electron chi connectivity index (χ4n) is 8.42. The number of carbonyl (C=O) groups is 2. The molecule has 0 aliphatic heterocycles. The largest absolute Gasteiger partial charge is 0.462 e. The van der Waals surface area contributed by atoms with Gasteiger partial charge in [-0.1, -0.05) is 255 Å². The van der Waals surface area contributed by atoms with Crippen molar-refractivity contribution in [2.75, 3.05) is 6.61 Å². The van der Waals surface area contributed by atoms with Crippen LogP contribution in [0.25, 0.3) is 0 Å². The number of allylic oxidation sites excluding steroid dienone is 10. The van der Waals surface area contributed by atoms with Crippen LogP contribution < -0.4 is 5.32 Å². The molecule has 0 rings (SSSR count).